The van der Waals surface area contributed by atoms with Gasteiger partial charge in [-0.25, -0.2) is 4.39 Å². The van der Waals surface area contributed by atoms with Gasteiger partial charge in [-0.1, -0.05) is 29.8 Å². The van der Waals surface area contributed by atoms with Crippen LogP contribution >= 0.6 is 0 Å². The fourth-order valence-electron chi connectivity index (χ4n) is 2.77. The maximum absolute atomic E-state index is 13.2. The Kier molecular flexibility index (Phi) is 3.93. The van der Waals surface area contributed by atoms with Crippen LogP contribution in [0.1, 0.15) is 29.7 Å². The first-order chi connectivity index (χ1) is 10.1. The number of aryl methyl sites for hydroxylation is 1. The predicted molar refractivity (Wildman–Crippen MR) is 82.1 cm³/mol. The van der Waals surface area contributed by atoms with Gasteiger partial charge in [-0.3, -0.25) is 0 Å². The molecule has 0 bridgehead atoms. The van der Waals surface area contributed by atoms with E-state index in [-0.39, 0.29) is 18.0 Å². The fraction of sp³-hybridized carbons (Fsp3) is 0.333. The van der Waals surface area contributed by atoms with E-state index < -0.39 is 0 Å². The van der Waals surface area contributed by atoms with Crippen LogP contribution in [0.25, 0.3) is 0 Å². The maximum atomic E-state index is 13.2. The Morgan fingerprint density at radius 1 is 1.29 bits per heavy atom. The molecule has 3 rings (SSSR count). The van der Waals surface area contributed by atoms with Crippen LogP contribution in [0.3, 0.4) is 0 Å². The molecule has 110 valence electrons. The van der Waals surface area contributed by atoms with Crippen molar-refractivity contribution in [2.45, 2.75) is 32.4 Å². The number of rotatable bonds is 4. The summed E-state index contributed by atoms with van der Waals surface area (Å²) in [5.74, 6) is 0.616. The van der Waals surface area contributed by atoms with Crippen molar-refractivity contribution >= 4 is 0 Å². The second-order valence-electron chi connectivity index (χ2n) is 5.74. The van der Waals surface area contributed by atoms with E-state index >= 15 is 0 Å². The van der Waals surface area contributed by atoms with Crippen molar-refractivity contribution in [1.29, 1.82) is 0 Å². The van der Waals surface area contributed by atoms with Gasteiger partial charge in [0.05, 0.1) is 0 Å². The van der Waals surface area contributed by atoms with E-state index in [9.17, 15) is 4.39 Å². The SMILES string of the molecule is Cc1cccc([C@@H](C)NCC2Cc3cc(F)ccc3O2)c1. The van der Waals surface area contributed by atoms with Crippen LogP contribution in [-0.4, -0.2) is 12.6 Å². The molecule has 0 aliphatic carbocycles. The van der Waals surface area contributed by atoms with Crippen molar-refractivity contribution in [3.8, 4) is 5.75 Å². The number of hydrogen-bond donors (Lipinski definition) is 1. The highest BCUT2D eigenvalue weighted by Crippen LogP contribution is 2.29. The summed E-state index contributed by atoms with van der Waals surface area (Å²) in [6, 6.07) is 13.5. The standard InChI is InChI=1S/C18H20FNO/c1-12-4-3-5-14(8-12)13(2)20-11-17-10-15-9-16(19)6-7-18(15)21-17/h3-9,13,17,20H,10-11H2,1-2H3/t13-,17?/m1/s1. The molecule has 0 fully saturated rings. The van der Waals surface area contributed by atoms with Gasteiger partial charge in [0.25, 0.3) is 0 Å². The third-order valence-corrected chi connectivity index (χ3v) is 3.96. The van der Waals surface area contributed by atoms with E-state index in [1.807, 2.05) is 0 Å². The Labute approximate surface area is 125 Å². The van der Waals surface area contributed by atoms with Crippen molar-refractivity contribution in [1.82, 2.24) is 5.32 Å². The Morgan fingerprint density at radius 3 is 2.95 bits per heavy atom. The monoisotopic (exact) mass is 285 g/mol. The molecule has 1 unspecified atom stereocenters. The lowest BCUT2D eigenvalue weighted by Crippen LogP contribution is -2.31. The van der Waals surface area contributed by atoms with E-state index in [2.05, 4.69) is 43.4 Å². The lowest BCUT2D eigenvalue weighted by molar-refractivity contribution is 0.222. The fourth-order valence-corrected chi connectivity index (χ4v) is 2.77. The molecule has 21 heavy (non-hydrogen) atoms. The number of nitrogens with one attached hydrogen (secondary N) is 1. The summed E-state index contributed by atoms with van der Waals surface area (Å²) >= 11 is 0. The van der Waals surface area contributed by atoms with Crippen molar-refractivity contribution in [2.75, 3.05) is 6.54 Å². The molecule has 2 aromatic rings. The quantitative estimate of drug-likeness (QED) is 0.923. The lowest BCUT2D eigenvalue weighted by atomic mass is 10.1. The largest absolute Gasteiger partial charge is 0.488 e. The molecule has 0 saturated heterocycles. The number of benzene rings is 2. The van der Waals surface area contributed by atoms with Crippen molar-refractivity contribution in [3.63, 3.8) is 0 Å². The zero-order chi connectivity index (χ0) is 14.8. The first kappa shape index (κ1) is 14.1. The van der Waals surface area contributed by atoms with Gasteiger partial charge >= 0.3 is 0 Å². The van der Waals surface area contributed by atoms with Gasteiger partial charge < -0.3 is 10.1 Å². The molecular formula is C18H20FNO. The average molecular weight is 285 g/mol. The van der Waals surface area contributed by atoms with Crippen LogP contribution in [0, 0.1) is 12.7 Å². The molecular weight excluding hydrogens is 265 g/mol. The van der Waals surface area contributed by atoms with E-state index in [1.54, 1.807) is 12.1 Å². The van der Waals surface area contributed by atoms with Crippen LogP contribution in [-0.2, 0) is 6.42 Å². The number of hydrogen-bond acceptors (Lipinski definition) is 2. The van der Waals surface area contributed by atoms with Gasteiger partial charge in [-0.05, 0) is 37.6 Å². The second-order valence-corrected chi connectivity index (χ2v) is 5.74. The average Bonchev–Trinajstić information content (AvgIpc) is 2.86. The predicted octanol–water partition coefficient (Wildman–Crippen LogP) is 3.79. The highest BCUT2D eigenvalue weighted by Gasteiger charge is 2.23. The van der Waals surface area contributed by atoms with Crippen molar-refractivity contribution in [2.24, 2.45) is 0 Å². The summed E-state index contributed by atoms with van der Waals surface area (Å²) in [5, 5.41) is 3.50. The molecule has 0 spiro atoms. The molecule has 3 heteroatoms. The van der Waals surface area contributed by atoms with Crippen LogP contribution in [0.15, 0.2) is 42.5 Å². The molecule has 1 aliphatic heterocycles. The zero-order valence-electron chi connectivity index (χ0n) is 12.4. The number of halogens is 1. The summed E-state index contributed by atoms with van der Waals surface area (Å²) in [7, 11) is 0. The molecule has 2 atom stereocenters. The topological polar surface area (TPSA) is 21.3 Å². The number of ether oxygens (including phenoxy) is 1. The summed E-state index contributed by atoms with van der Waals surface area (Å²) in [6.07, 6.45) is 0.842. The second kappa shape index (κ2) is 5.86. The molecule has 0 saturated carbocycles. The first-order valence-corrected chi connectivity index (χ1v) is 7.37. The zero-order valence-corrected chi connectivity index (χ0v) is 12.4. The molecule has 0 amide bonds. The Morgan fingerprint density at radius 2 is 2.14 bits per heavy atom. The van der Waals surface area contributed by atoms with Crippen LogP contribution in [0.2, 0.25) is 0 Å². The van der Waals surface area contributed by atoms with Gasteiger partial charge in [-0.2, -0.15) is 0 Å². The maximum Gasteiger partial charge on any atom is 0.123 e. The normalized spacial score (nSPS) is 18.1. The molecule has 1 heterocycles. The Bertz CT molecular complexity index is 641. The minimum atomic E-state index is -0.195. The highest BCUT2D eigenvalue weighted by atomic mass is 19.1. The molecule has 0 aromatic heterocycles. The van der Waals surface area contributed by atoms with Crippen molar-refractivity contribution in [3.05, 3.63) is 65.0 Å². The summed E-state index contributed by atoms with van der Waals surface area (Å²) in [4.78, 5) is 0. The molecule has 1 N–H and O–H groups in total. The van der Waals surface area contributed by atoms with Gasteiger partial charge in [-0.15, -0.1) is 0 Å². The van der Waals surface area contributed by atoms with Crippen molar-refractivity contribution < 1.29 is 9.13 Å². The first-order valence-electron chi connectivity index (χ1n) is 7.37. The van der Waals surface area contributed by atoms with Gasteiger partial charge in [0, 0.05) is 24.6 Å². The highest BCUT2D eigenvalue weighted by molar-refractivity contribution is 5.38. The Hall–Kier alpha value is -1.87. The smallest absolute Gasteiger partial charge is 0.123 e. The summed E-state index contributed by atoms with van der Waals surface area (Å²) < 4.78 is 19.0. The van der Waals surface area contributed by atoms with E-state index in [0.29, 0.717) is 0 Å². The lowest BCUT2D eigenvalue weighted by Gasteiger charge is -2.18. The molecule has 0 radical (unpaired) electrons. The summed E-state index contributed by atoms with van der Waals surface area (Å²) in [5.41, 5.74) is 3.50. The Balaban J connectivity index is 1.57. The van der Waals surface area contributed by atoms with Gasteiger partial charge in [0.2, 0.25) is 0 Å². The van der Waals surface area contributed by atoms with Crippen LogP contribution in [0.4, 0.5) is 4.39 Å². The molecule has 1 aliphatic rings. The van der Waals surface area contributed by atoms with E-state index in [1.165, 1.54) is 17.2 Å². The summed E-state index contributed by atoms with van der Waals surface area (Å²) in [6.45, 7) is 5.00. The third-order valence-electron chi connectivity index (χ3n) is 3.96. The van der Waals surface area contributed by atoms with E-state index in [4.69, 9.17) is 4.74 Å². The minimum Gasteiger partial charge on any atom is -0.488 e. The van der Waals surface area contributed by atoms with Gasteiger partial charge in [0.1, 0.15) is 17.7 Å². The molecule has 2 aromatic carbocycles. The minimum absolute atomic E-state index is 0.0778. The van der Waals surface area contributed by atoms with Gasteiger partial charge in [0.15, 0.2) is 0 Å². The van der Waals surface area contributed by atoms with Crippen LogP contribution < -0.4 is 10.1 Å². The number of fused-ring (bicyclic) bond motifs is 1. The van der Waals surface area contributed by atoms with Crippen LogP contribution in [0.5, 0.6) is 5.75 Å². The third kappa shape index (κ3) is 3.24. The van der Waals surface area contributed by atoms with E-state index in [0.717, 1.165) is 24.3 Å². The molecule has 2 nitrogen and oxygen atoms in total.